The smallest absolute Gasteiger partial charge is 0.188 e. The van der Waals surface area contributed by atoms with Gasteiger partial charge in [0.15, 0.2) is 5.16 Å². The number of hydrogen-bond acceptors (Lipinski definition) is 4. The summed E-state index contributed by atoms with van der Waals surface area (Å²) in [7, 11) is 2.02. The molecule has 0 bridgehead atoms. The molecule has 1 aromatic carbocycles. The standard InChI is InChI=1S/C17H23N3S/c1-12(2)16(21-17-19-11-10-13(3)20-17)15(18-4)14-8-6-5-7-9-14/h5-12,15-16,18H,1-4H3. The zero-order valence-corrected chi connectivity index (χ0v) is 13.9. The highest BCUT2D eigenvalue weighted by atomic mass is 32.2. The quantitative estimate of drug-likeness (QED) is 0.649. The van der Waals surface area contributed by atoms with E-state index in [4.69, 9.17) is 0 Å². The Labute approximate surface area is 131 Å². The number of aryl methyl sites for hydroxylation is 1. The van der Waals surface area contributed by atoms with E-state index in [9.17, 15) is 0 Å². The summed E-state index contributed by atoms with van der Waals surface area (Å²) < 4.78 is 0. The Balaban J connectivity index is 2.25. The van der Waals surface area contributed by atoms with Gasteiger partial charge in [0.05, 0.1) is 0 Å². The first-order chi connectivity index (χ1) is 10.1. The van der Waals surface area contributed by atoms with Gasteiger partial charge in [0.2, 0.25) is 0 Å². The van der Waals surface area contributed by atoms with E-state index in [1.165, 1.54) is 5.56 Å². The molecule has 4 heteroatoms. The van der Waals surface area contributed by atoms with Gasteiger partial charge in [0.25, 0.3) is 0 Å². The number of hydrogen-bond donors (Lipinski definition) is 1. The van der Waals surface area contributed by atoms with E-state index in [1.807, 2.05) is 26.2 Å². The average Bonchev–Trinajstić information content (AvgIpc) is 2.48. The molecule has 0 saturated carbocycles. The highest BCUT2D eigenvalue weighted by molar-refractivity contribution is 7.99. The van der Waals surface area contributed by atoms with Crippen LogP contribution in [0, 0.1) is 12.8 Å². The fourth-order valence-corrected chi connectivity index (χ4v) is 3.64. The fraction of sp³-hybridized carbons (Fsp3) is 0.412. The van der Waals surface area contributed by atoms with Crippen molar-refractivity contribution in [1.82, 2.24) is 15.3 Å². The molecule has 0 spiro atoms. The second kappa shape index (κ2) is 7.57. The first-order valence-corrected chi connectivity index (χ1v) is 8.18. The molecule has 1 heterocycles. The monoisotopic (exact) mass is 301 g/mol. The molecule has 0 aliphatic heterocycles. The molecule has 2 unspecified atom stereocenters. The van der Waals surface area contributed by atoms with E-state index in [0.29, 0.717) is 11.2 Å². The van der Waals surface area contributed by atoms with E-state index in [2.05, 4.69) is 59.5 Å². The van der Waals surface area contributed by atoms with Crippen molar-refractivity contribution in [2.24, 2.45) is 5.92 Å². The lowest BCUT2D eigenvalue weighted by Gasteiger charge is -2.29. The molecule has 0 aliphatic rings. The molecule has 0 aliphatic carbocycles. The van der Waals surface area contributed by atoms with E-state index in [1.54, 1.807) is 11.8 Å². The van der Waals surface area contributed by atoms with Gasteiger partial charge in [-0.1, -0.05) is 55.9 Å². The van der Waals surface area contributed by atoms with Gasteiger partial charge < -0.3 is 5.32 Å². The minimum Gasteiger partial charge on any atom is -0.312 e. The Morgan fingerprint density at radius 3 is 2.38 bits per heavy atom. The summed E-state index contributed by atoms with van der Waals surface area (Å²) in [6.07, 6.45) is 1.83. The molecule has 0 amide bonds. The van der Waals surface area contributed by atoms with Crippen molar-refractivity contribution in [3.63, 3.8) is 0 Å². The summed E-state index contributed by atoms with van der Waals surface area (Å²) in [4.78, 5) is 8.93. The molecule has 2 aromatic rings. The van der Waals surface area contributed by atoms with E-state index < -0.39 is 0 Å². The highest BCUT2D eigenvalue weighted by Gasteiger charge is 2.26. The lowest BCUT2D eigenvalue weighted by atomic mass is 9.96. The first kappa shape index (κ1) is 16.0. The molecule has 2 rings (SSSR count). The summed E-state index contributed by atoms with van der Waals surface area (Å²) in [6.45, 7) is 6.50. The zero-order valence-electron chi connectivity index (χ0n) is 13.1. The van der Waals surface area contributed by atoms with Crippen LogP contribution in [0.4, 0.5) is 0 Å². The van der Waals surface area contributed by atoms with E-state index >= 15 is 0 Å². The molecular formula is C17H23N3S. The van der Waals surface area contributed by atoms with Crippen LogP contribution < -0.4 is 5.32 Å². The minimum absolute atomic E-state index is 0.278. The lowest BCUT2D eigenvalue weighted by molar-refractivity contribution is 0.472. The van der Waals surface area contributed by atoms with Crippen LogP contribution in [0.2, 0.25) is 0 Å². The number of thioether (sulfide) groups is 1. The number of nitrogens with zero attached hydrogens (tertiary/aromatic N) is 2. The maximum Gasteiger partial charge on any atom is 0.188 e. The number of rotatable bonds is 6. The largest absolute Gasteiger partial charge is 0.312 e. The third-order valence-corrected chi connectivity index (χ3v) is 4.97. The minimum atomic E-state index is 0.278. The number of benzene rings is 1. The van der Waals surface area contributed by atoms with Crippen LogP contribution in [0.15, 0.2) is 47.8 Å². The lowest BCUT2D eigenvalue weighted by Crippen LogP contribution is -2.31. The van der Waals surface area contributed by atoms with Gasteiger partial charge in [-0.05, 0) is 31.5 Å². The average molecular weight is 301 g/mol. The van der Waals surface area contributed by atoms with Crippen LogP contribution in [0.5, 0.6) is 0 Å². The maximum absolute atomic E-state index is 4.53. The third kappa shape index (κ3) is 4.29. The van der Waals surface area contributed by atoms with Crippen molar-refractivity contribution in [3.05, 3.63) is 53.9 Å². The van der Waals surface area contributed by atoms with Crippen LogP contribution in [-0.2, 0) is 0 Å². The van der Waals surface area contributed by atoms with Crippen LogP contribution in [0.1, 0.15) is 31.1 Å². The molecule has 0 fully saturated rings. The molecule has 0 saturated heterocycles. The molecule has 2 atom stereocenters. The predicted molar refractivity (Wildman–Crippen MR) is 89.5 cm³/mol. The van der Waals surface area contributed by atoms with Crippen LogP contribution in [0.25, 0.3) is 0 Å². The zero-order chi connectivity index (χ0) is 15.2. The fourth-order valence-electron chi connectivity index (χ4n) is 2.37. The summed E-state index contributed by atoms with van der Waals surface area (Å²) >= 11 is 1.75. The second-order valence-electron chi connectivity index (χ2n) is 5.48. The van der Waals surface area contributed by atoms with Crippen LogP contribution in [0.3, 0.4) is 0 Å². The number of aromatic nitrogens is 2. The van der Waals surface area contributed by atoms with Crippen molar-refractivity contribution < 1.29 is 0 Å². The van der Waals surface area contributed by atoms with Gasteiger partial charge in [-0.25, -0.2) is 9.97 Å². The molecule has 21 heavy (non-hydrogen) atoms. The Hall–Kier alpha value is -1.39. The second-order valence-corrected chi connectivity index (χ2v) is 6.63. The Bertz CT molecular complexity index is 557. The Morgan fingerprint density at radius 1 is 1.10 bits per heavy atom. The summed E-state index contributed by atoms with van der Waals surface area (Å²) in [6, 6.07) is 12.8. The van der Waals surface area contributed by atoms with Crippen molar-refractivity contribution in [2.75, 3.05) is 7.05 Å². The van der Waals surface area contributed by atoms with Gasteiger partial charge in [-0.3, -0.25) is 0 Å². The van der Waals surface area contributed by atoms with E-state index in [0.717, 1.165) is 10.9 Å². The van der Waals surface area contributed by atoms with Gasteiger partial charge >= 0.3 is 0 Å². The first-order valence-electron chi connectivity index (χ1n) is 7.30. The molecule has 0 radical (unpaired) electrons. The highest BCUT2D eigenvalue weighted by Crippen LogP contribution is 2.35. The van der Waals surface area contributed by atoms with E-state index in [-0.39, 0.29) is 6.04 Å². The van der Waals surface area contributed by atoms with Crippen molar-refractivity contribution in [2.45, 2.75) is 37.2 Å². The van der Waals surface area contributed by atoms with Crippen LogP contribution in [-0.4, -0.2) is 22.3 Å². The SMILES string of the molecule is CNC(c1ccccc1)C(Sc1nccc(C)n1)C(C)C. The number of nitrogens with one attached hydrogen (secondary N) is 1. The molecule has 1 aromatic heterocycles. The topological polar surface area (TPSA) is 37.8 Å². The molecule has 112 valence electrons. The van der Waals surface area contributed by atoms with Crippen LogP contribution >= 0.6 is 11.8 Å². The summed E-state index contributed by atoms with van der Waals surface area (Å²) in [5, 5.41) is 4.68. The summed E-state index contributed by atoms with van der Waals surface area (Å²) in [5.41, 5.74) is 2.31. The summed E-state index contributed by atoms with van der Waals surface area (Å²) in [5.74, 6) is 0.511. The van der Waals surface area contributed by atoms with Gasteiger partial charge in [-0.2, -0.15) is 0 Å². The molecular weight excluding hydrogens is 278 g/mol. The Kier molecular flexibility index (Phi) is 5.76. The normalized spacial score (nSPS) is 14.1. The van der Waals surface area contributed by atoms with Crippen molar-refractivity contribution in [3.8, 4) is 0 Å². The Morgan fingerprint density at radius 2 is 1.81 bits per heavy atom. The molecule has 3 nitrogen and oxygen atoms in total. The molecule has 1 N–H and O–H groups in total. The predicted octanol–water partition coefficient (Wildman–Crippen LogP) is 3.86. The maximum atomic E-state index is 4.53. The van der Waals surface area contributed by atoms with Gasteiger partial charge in [0, 0.05) is 23.2 Å². The van der Waals surface area contributed by atoms with Crippen molar-refractivity contribution in [1.29, 1.82) is 0 Å². The van der Waals surface area contributed by atoms with Crippen molar-refractivity contribution >= 4 is 11.8 Å². The third-order valence-electron chi connectivity index (χ3n) is 3.47. The van der Waals surface area contributed by atoms with Gasteiger partial charge in [0.1, 0.15) is 0 Å². The van der Waals surface area contributed by atoms with Gasteiger partial charge in [-0.15, -0.1) is 0 Å².